The second kappa shape index (κ2) is 6.19. The van der Waals surface area contributed by atoms with E-state index in [2.05, 4.69) is 10.6 Å². The molecule has 1 heterocycles. The molecular formula is C10H17N3O4. The lowest BCUT2D eigenvalue weighted by Gasteiger charge is -2.14. The maximum atomic E-state index is 11.4. The van der Waals surface area contributed by atoms with Crippen molar-refractivity contribution in [1.82, 2.24) is 15.5 Å². The lowest BCUT2D eigenvalue weighted by molar-refractivity contribution is -0.130. The Bertz CT molecular complexity index is 303. The molecule has 0 aromatic rings. The first-order valence-corrected chi connectivity index (χ1v) is 5.57. The number of carbonyl (C=O) groups is 3. The van der Waals surface area contributed by atoms with Gasteiger partial charge in [0.2, 0.25) is 5.91 Å². The average molecular weight is 243 g/mol. The van der Waals surface area contributed by atoms with Gasteiger partial charge in [-0.25, -0.2) is 4.79 Å². The number of rotatable bonds is 6. The third kappa shape index (κ3) is 4.03. The molecule has 0 bridgehead atoms. The largest absolute Gasteiger partial charge is 0.391 e. The van der Waals surface area contributed by atoms with E-state index >= 15 is 0 Å². The third-order valence-corrected chi connectivity index (χ3v) is 2.40. The highest BCUT2D eigenvalue weighted by molar-refractivity contribution is 6.04. The van der Waals surface area contributed by atoms with Gasteiger partial charge in [0.25, 0.3) is 5.91 Å². The van der Waals surface area contributed by atoms with Gasteiger partial charge in [-0.3, -0.25) is 14.5 Å². The van der Waals surface area contributed by atoms with Gasteiger partial charge in [0.1, 0.15) is 6.54 Å². The summed E-state index contributed by atoms with van der Waals surface area (Å²) in [5.41, 5.74) is 0. The van der Waals surface area contributed by atoms with Gasteiger partial charge >= 0.3 is 6.03 Å². The van der Waals surface area contributed by atoms with E-state index in [1.807, 2.05) is 6.92 Å². The van der Waals surface area contributed by atoms with Crippen LogP contribution in [0.5, 0.6) is 0 Å². The van der Waals surface area contributed by atoms with Gasteiger partial charge in [-0.05, 0) is 6.42 Å². The first-order valence-electron chi connectivity index (χ1n) is 5.57. The number of amides is 4. The molecule has 17 heavy (non-hydrogen) atoms. The van der Waals surface area contributed by atoms with E-state index in [-0.39, 0.29) is 19.6 Å². The van der Waals surface area contributed by atoms with E-state index in [4.69, 9.17) is 0 Å². The maximum absolute atomic E-state index is 11.4. The fourth-order valence-electron chi connectivity index (χ4n) is 1.48. The molecule has 7 heteroatoms. The van der Waals surface area contributed by atoms with Crippen molar-refractivity contribution in [2.24, 2.45) is 0 Å². The van der Waals surface area contributed by atoms with E-state index in [0.717, 1.165) is 11.3 Å². The maximum Gasteiger partial charge on any atom is 0.325 e. The summed E-state index contributed by atoms with van der Waals surface area (Å²) in [6, 6.07) is -0.556. The number of hydrogen-bond acceptors (Lipinski definition) is 4. The van der Waals surface area contributed by atoms with Gasteiger partial charge < -0.3 is 15.7 Å². The zero-order valence-electron chi connectivity index (χ0n) is 9.73. The van der Waals surface area contributed by atoms with Crippen molar-refractivity contribution in [1.29, 1.82) is 0 Å². The molecule has 0 aromatic carbocycles. The minimum Gasteiger partial charge on any atom is -0.391 e. The van der Waals surface area contributed by atoms with Crippen LogP contribution in [-0.2, 0) is 9.59 Å². The second-order valence-corrected chi connectivity index (χ2v) is 3.89. The fraction of sp³-hybridized carbons (Fsp3) is 0.700. The van der Waals surface area contributed by atoms with Crippen molar-refractivity contribution in [2.75, 3.05) is 19.6 Å². The monoisotopic (exact) mass is 243 g/mol. The zero-order valence-corrected chi connectivity index (χ0v) is 9.73. The van der Waals surface area contributed by atoms with Gasteiger partial charge in [0.05, 0.1) is 12.6 Å². The first-order chi connectivity index (χ1) is 8.04. The molecule has 1 atom stereocenters. The van der Waals surface area contributed by atoms with Crippen molar-refractivity contribution < 1.29 is 19.5 Å². The number of carbonyl (C=O) groups excluding carboxylic acids is 3. The highest BCUT2D eigenvalue weighted by atomic mass is 16.3. The van der Waals surface area contributed by atoms with Crippen molar-refractivity contribution in [3.8, 4) is 0 Å². The third-order valence-electron chi connectivity index (χ3n) is 2.40. The standard InChI is InChI=1S/C10H17N3O4/c1-2-3-7(14)4-11-8(15)6-13-9(16)5-12-10(13)17/h7,14H,2-6H2,1H3,(H,11,15)(H,12,17). The highest BCUT2D eigenvalue weighted by Crippen LogP contribution is 1.98. The van der Waals surface area contributed by atoms with E-state index in [9.17, 15) is 19.5 Å². The van der Waals surface area contributed by atoms with Crippen molar-refractivity contribution in [3.05, 3.63) is 0 Å². The Labute approximate surface area is 99.2 Å². The molecule has 1 rings (SSSR count). The van der Waals surface area contributed by atoms with Gasteiger partial charge in [0.15, 0.2) is 0 Å². The van der Waals surface area contributed by atoms with E-state index in [1.165, 1.54) is 0 Å². The number of nitrogens with zero attached hydrogens (tertiary/aromatic N) is 1. The molecule has 7 nitrogen and oxygen atoms in total. The predicted molar refractivity (Wildman–Crippen MR) is 59.0 cm³/mol. The Morgan fingerprint density at radius 1 is 1.59 bits per heavy atom. The van der Waals surface area contributed by atoms with Gasteiger partial charge in [-0.2, -0.15) is 0 Å². The Kier molecular flexibility index (Phi) is 4.89. The summed E-state index contributed by atoms with van der Waals surface area (Å²) in [7, 11) is 0. The Morgan fingerprint density at radius 3 is 2.82 bits per heavy atom. The normalized spacial score (nSPS) is 16.9. The molecule has 1 unspecified atom stereocenters. The fourth-order valence-corrected chi connectivity index (χ4v) is 1.48. The lowest BCUT2D eigenvalue weighted by Crippen LogP contribution is -2.42. The van der Waals surface area contributed by atoms with Crippen LogP contribution in [0.3, 0.4) is 0 Å². The Hall–Kier alpha value is -1.63. The van der Waals surface area contributed by atoms with E-state index in [0.29, 0.717) is 6.42 Å². The molecule has 1 fully saturated rings. The molecule has 0 aliphatic carbocycles. The number of aliphatic hydroxyl groups excluding tert-OH is 1. The minimum absolute atomic E-state index is 0.0649. The minimum atomic E-state index is -0.591. The summed E-state index contributed by atoms with van der Waals surface area (Å²) in [5.74, 6) is -0.871. The first kappa shape index (κ1) is 13.4. The number of imide groups is 1. The second-order valence-electron chi connectivity index (χ2n) is 3.89. The van der Waals surface area contributed by atoms with Crippen LogP contribution in [0.2, 0.25) is 0 Å². The lowest BCUT2D eigenvalue weighted by atomic mass is 10.2. The zero-order chi connectivity index (χ0) is 12.8. The summed E-state index contributed by atoms with van der Waals surface area (Å²) in [5, 5.41) is 14.2. The molecule has 1 aliphatic rings. The number of aliphatic hydroxyl groups is 1. The molecule has 4 amide bonds. The van der Waals surface area contributed by atoms with Crippen LogP contribution in [0.4, 0.5) is 4.79 Å². The molecular weight excluding hydrogens is 226 g/mol. The topological polar surface area (TPSA) is 98.7 Å². The summed E-state index contributed by atoms with van der Waals surface area (Å²) < 4.78 is 0. The Balaban J connectivity index is 2.29. The van der Waals surface area contributed by atoms with Crippen LogP contribution in [0.15, 0.2) is 0 Å². The van der Waals surface area contributed by atoms with Gasteiger partial charge in [0, 0.05) is 6.54 Å². The van der Waals surface area contributed by atoms with Crippen LogP contribution in [-0.4, -0.2) is 53.6 Å². The van der Waals surface area contributed by atoms with Crippen LogP contribution >= 0.6 is 0 Å². The summed E-state index contributed by atoms with van der Waals surface area (Å²) in [6.07, 6.45) is 0.833. The number of nitrogens with one attached hydrogen (secondary N) is 2. The van der Waals surface area contributed by atoms with Crippen molar-refractivity contribution in [2.45, 2.75) is 25.9 Å². The SMILES string of the molecule is CCCC(O)CNC(=O)CN1C(=O)CNC1=O. The van der Waals surface area contributed by atoms with E-state index < -0.39 is 23.9 Å². The molecule has 3 N–H and O–H groups in total. The number of hydrogen-bond donors (Lipinski definition) is 3. The molecule has 0 radical (unpaired) electrons. The van der Waals surface area contributed by atoms with Crippen molar-refractivity contribution >= 4 is 17.8 Å². The van der Waals surface area contributed by atoms with E-state index in [1.54, 1.807) is 0 Å². The highest BCUT2D eigenvalue weighted by Gasteiger charge is 2.29. The molecule has 1 aliphatic heterocycles. The average Bonchev–Trinajstić information content (AvgIpc) is 2.58. The Morgan fingerprint density at radius 2 is 2.29 bits per heavy atom. The quantitative estimate of drug-likeness (QED) is 0.511. The predicted octanol–water partition coefficient (Wildman–Crippen LogP) is -1.18. The summed E-state index contributed by atoms with van der Waals surface area (Å²) in [6.45, 7) is 1.70. The van der Waals surface area contributed by atoms with Crippen LogP contribution in [0.25, 0.3) is 0 Å². The smallest absolute Gasteiger partial charge is 0.325 e. The molecule has 0 saturated carbocycles. The van der Waals surface area contributed by atoms with Gasteiger partial charge in [-0.1, -0.05) is 13.3 Å². The van der Waals surface area contributed by atoms with Crippen molar-refractivity contribution in [3.63, 3.8) is 0 Å². The van der Waals surface area contributed by atoms with Gasteiger partial charge in [-0.15, -0.1) is 0 Å². The summed E-state index contributed by atoms with van der Waals surface area (Å²) in [4.78, 5) is 34.6. The van der Waals surface area contributed by atoms with Crippen LogP contribution in [0, 0.1) is 0 Å². The molecule has 96 valence electrons. The number of urea groups is 1. The van der Waals surface area contributed by atoms with Crippen LogP contribution in [0.1, 0.15) is 19.8 Å². The molecule has 0 aromatic heterocycles. The molecule has 0 spiro atoms. The summed E-state index contributed by atoms with van der Waals surface area (Å²) >= 11 is 0. The van der Waals surface area contributed by atoms with Crippen LogP contribution < -0.4 is 10.6 Å². The molecule has 1 saturated heterocycles.